The average molecular weight is 400 g/mol. The third-order valence-electron chi connectivity index (χ3n) is 4.35. The molecule has 1 atom stereocenters. The maximum absolute atomic E-state index is 12.5. The number of hydrogen-bond acceptors (Lipinski definition) is 3. The van der Waals surface area contributed by atoms with Crippen LogP contribution in [0.5, 0.6) is 5.75 Å². The highest BCUT2D eigenvalue weighted by atomic mass is 35.5. The number of hydrogen-bond donors (Lipinski definition) is 1. The molecule has 0 radical (unpaired) electrons. The third-order valence-corrected chi connectivity index (χ3v) is 5.52. The van der Waals surface area contributed by atoms with Crippen LogP contribution in [0.3, 0.4) is 0 Å². The molecule has 27 heavy (non-hydrogen) atoms. The van der Waals surface area contributed by atoms with Crippen LogP contribution in [0.25, 0.3) is 0 Å². The molecule has 0 saturated carbocycles. The van der Waals surface area contributed by atoms with Crippen molar-refractivity contribution in [3.8, 4) is 5.75 Å². The Labute approximate surface area is 169 Å². The smallest absolute Gasteiger partial charge is 0.258 e. The molecule has 3 nitrogen and oxygen atoms in total. The van der Waals surface area contributed by atoms with Gasteiger partial charge in [0, 0.05) is 9.90 Å². The van der Waals surface area contributed by atoms with Crippen molar-refractivity contribution in [3.63, 3.8) is 0 Å². The Bertz CT molecular complexity index is 891. The summed E-state index contributed by atoms with van der Waals surface area (Å²) in [7, 11) is 0. The Morgan fingerprint density at radius 3 is 2.59 bits per heavy atom. The molecule has 1 N–H and O–H groups in total. The summed E-state index contributed by atoms with van der Waals surface area (Å²) in [6.07, 6.45) is 0.991. The van der Waals surface area contributed by atoms with E-state index in [0.29, 0.717) is 10.8 Å². The van der Waals surface area contributed by atoms with E-state index >= 15 is 0 Å². The monoisotopic (exact) mass is 399 g/mol. The number of nitrogens with one attached hydrogen (secondary N) is 1. The first-order chi connectivity index (χ1) is 13.1. The Balaban J connectivity index is 1.70. The van der Waals surface area contributed by atoms with E-state index in [1.807, 2.05) is 30.5 Å². The first kappa shape index (κ1) is 19.5. The maximum atomic E-state index is 12.5. The lowest BCUT2D eigenvalue weighted by Crippen LogP contribution is -2.33. The molecular formula is C22H22ClNO2S. The van der Waals surface area contributed by atoms with Crippen LogP contribution in [-0.4, -0.2) is 12.5 Å². The van der Waals surface area contributed by atoms with Crippen LogP contribution in [0.1, 0.15) is 34.5 Å². The molecule has 0 aliphatic rings. The number of halogens is 1. The fourth-order valence-corrected chi connectivity index (χ4v) is 3.87. The number of aryl methyl sites for hydroxylation is 2. The zero-order valence-electron chi connectivity index (χ0n) is 15.4. The molecule has 0 fully saturated rings. The number of rotatable bonds is 7. The van der Waals surface area contributed by atoms with Crippen LogP contribution in [0.15, 0.2) is 60.0 Å². The summed E-state index contributed by atoms with van der Waals surface area (Å²) in [5, 5.41) is 5.76. The van der Waals surface area contributed by atoms with Crippen molar-refractivity contribution < 1.29 is 9.53 Å². The van der Waals surface area contributed by atoms with E-state index in [0.717, 1.165) is 22.4 Å². The zero-order chi connectivity index (χ0) is 19.2. The Morgan fingerprint density at radius 2 is 1.96 bits per heavy atom. The lowest BCUT2D eigenvalue weighted by atomic mass is 10.0. The highest BCUT2D eigenvalue weighted by Crippen LogP contribution is 2.27. The van der Waals surface area contributed by atoms with Crippen molar-refractivity contribution in [1.82, 2.24) is 5.32 Å². The second-order valence-corrected chi connectivity index (χ2v) is 7.73. The van der Waals surface area contributed by atoms with Gasteiger partial charge in [-0.15, -0.1) is 11.3 Å². The largest absolute Gasteiger partial charge is 0.484 e. The Hall–Kier alpha value is -2.30. The van der Waals surface area contributed by atoms with Crippen LogP contribution in [0, 0.1) is 6.92 Å². The minimum atomic E-state index is -0.182. The van der Waals surface area contributed by atoms with Gasteiger partial charge in [0.2, 0.25) is 0 Å². The van der Waals surface area contributed by atoms with Crippen molar-refractivity contribution in [2.45, 2.75) is 26.3 Å². The molecule has 3 aromatic rings. The molecule has 1 aromatic heterocycles. The first-order valence-electron chi connectivity index (χ1n) is 8.87. The predicted octanol–water partition coefficient (Wildman–Crippen LogP) is 5.56. The molecule has 1 heterocycles. The maximum Gasteiger partial charge on any atom is 0.258 e. The van der Waals surface area contributed by atoms with Gasteiger partial charge in [0.1, 0.15) is 5.75 Å². The van der Waals surface area contributed by atoms with Gasteiger partial charge in [0.05, 0.1) is 6.04 Å². The number of amides is 1. The van der Waals surface area contributed by atoms with Crippen molar-refractivity contribution in [1.29, 1.82) is 0 Å². The highest BCUT2D eigenvalue weighted by Gasteiger charge is 2.18. The number of carbonyl (C=O) groups is 1. The van der Waals surface area contributed by atoms with Crippen LogP contribution in [-0.2, 0) is 11.2 Å². The van der Waals surface area contributed by atoms with Gasteiger partial charge >= 0.3 is 0 Å². The lowest BCUT2D eigenvalue weighted by Gasteiger charge is -2.19. The summed E-state index contributed by atoms with van der Waals surface area (Å²) < 4.78 is 5.68. The number of carbonyl (C=O) groups excluding carboxylic acids is 1. The molecule has 0 bridgehead atoms. The summed E-state index contributed by atoms with van der Waals surface area (Å²) in [4.78, 5) is 13.6. The Kier molecular flexibility index (Phi) is 6.54. The second kappa shape index (κ2) is 9.07. The average Bonchev–Trinajstić information content (AvgIpc) is 3.20. The molecule has 140 valence electrons. The first-order valence-corrected chi connectivity index (χ1v) is 10.1. The second-order valence-electron chi connectivity index (χ2n) is 6.31. The normalized spacial score (nSPS) is 11.8. The minimum Gasteiger partial charge on any atom is -0.484 e. The molecule has 0 spiro atoms. The summed E-state index contributed by atoms with van der Waals surface area (Å²) in [6, 6.07) is 17.6. The zero-order valence-corrected chi connectivity index (χ0v) is 16.9. The van der Waals surface area contributed by atoms with Gasteiger partial charge in [-0.25, -0.2) is 0 Å². The molecule has 3 rings (SSSR count). The standard InChI is InChI=1S/C22H22ClNO2S/c1-3-16-6-8-17(9-7-16)22(20-5-4-12-27-20)24-21(25)14-26-19-11-10-18(23)13-15(19)2/h4-13,22H,3,14H2,1-2H3,(H,24,25)/t22-/m1/s1. The van der Waals surface area contributed by atoms with E-state index < -0.39 is 0 Å². The van der Waals surface area contributed by atoms with Crippen LogP contribution in [0.4, 0.5) is 0 Å². The van der Waals surface area contributed by atoms with Gasteiger partial charge in [0.15, 0.2) is 6.61 Å². The van der Waals surface area contributed by atoms with E-state index in [4.69, 9.17) is 16.3 Å². The van der Waals surface area contributed by atoms with E-state index in [2.05, 4.69) is 36.5 Å². The molecule has 0 saturated heterocycles. The topological polar surface area (TPSA) is 38.3 Å². The number of thiophene rings is 1. The predicted molar refractivity (Wildman–Crippen MR) is 112 cm³/mol. The number of ether oxygens (including phenoxy) is 1. The van der Waals surface area contributed by atoms with E-state index in [1.54, 1.807) is 23.5 Å². The van der Waals surface area contributed by atoms with Gasteiger partial charge in [-0.3, -0.25) is 4.79 Å². The van der Waals surface area contributed by atoms with Gasteiger partial charge in [0.25, 0.3) is 5.91 Å². The van der Waals surface area contributed by atoms with Gasteiger partial charge in [-0.05, 0) is 59.7 Å². The molecule has 0 aliphatic heterocycles. The van der Waals surface area contributed by atoms with Gasteiger partial charge in [-0.2, -0.15) is 0 Å². The Morgan fingerprint density at radius 1 is 1.19 bits per heavy atom. The van der Waals surface area contributed by atoms with Crippen molar-refractivity contribution in [2.24, 2.45) is 0 Å². The van der Waals surface area contributed by atoms with E-state index in [1.165, 1.54) is 5.56 Å². The lowest BCUT2D eigenvalue weighted by molar-refractivity contribution is -0.123. The van der Waals surface area contributed by atoms with Crippen LogP contribution < -0.4 is 10.1 Å². The molecule has 2 aromatic carbocycles. The fraction of sp³-hybridized carbons (Fsp3) is 0.227. The van der Waals surface area contributed by atoms with Crippen molar-refractivity contribution in [3.05, 3.63) is 86.6 Å². The third kappa shape index (κ3) is 5.12. The van der Waals surface area contributed by atoms with Crippen molar-refractivity contribution >= 4 is 28.8 Å². The summed E-state index contributed by atoms with van der Waals surface area (Å²) in [5.41, 5.74) is 3.24. The molecular weight excluding hydrogens is 378 g/mol. The quantitative estimate of drug-likeness (QED) is 0.565. The summed E-state index contributed by atoms with van der Waals surface area (Å²) in [6.45, 7) is 3.99. The van der Waals surface area contributed by atoms with Crippen LogP contribution >= 0.6 is 22.9 Å². The minimum absolute atomic E-state index is 0.0443. The summed E-state index contributed by atoms with van der Waals surface area (Å²) >= 11 is 7.59. The number of benzene rings is 2. The van der Waals surface area contributed by atoms with Crippen LogP contribution in [0.2, 0.25) is 5.02 Å². The van der Waals surface area contributed by atoms with E-state index in [9.17, 15) is 4.79 Å². The summed E-state index contributed by atoms with van der Waals surface area (Å²) in [5.74, 6) is 0.497. The molecule has 5 heteroatoms. The van der Waals surface area contributed by atoms with Gasteiger partial charge < -0.3 is 10.1 Å². The molecule has 1 amide bonds. The van der Waals surface area contributed by atoms with Gasteiger partial charge in [-0.1, -0.05) is 48.9 Å². The highest BCUT2D eigenvalue weighted by molar-refractivity contribution is 7.10. The fourth-order valence-electron chi connectivity index (χ4n) is 2.84. The van der Waals surface area contributed by atoms with E-state index in [-0.39, 0.29) is 18.6 Å². The van der Waals surface area contributed by atoms with Crippen molar-refractivity contribution in [2.75, 3.05) is 6.61 Å². The molecule has 0 aliphatic carbocycles. The SMILES string of the molecule is CCc1ccc([C@@H](NC(=O)COc2ccc(Cl)cc2C)c2cccs2)cc1. The molecule has 0 unspecified atom stereocenters.